The maximum atomic E-state index is 11.8. The van der Waals surface area contributed by atoms with E-state index in [2.05, 4.69) is 38.1 Å². The Hall–Kier alpha value is -2.12. The van der Waals surface area contributed by atoms with Crippen molar-refractivity contribution in [1.29, 1.82) is 0 Å². The number of esters is 1. The summed E-state index contributed by atoms with van der Waals surface area (Å²) in [6, 6.07) is 12.1. The minimum atomic E-state index is -0.158. The molecule has 204 valence electrons. The van der Waals surface area contributed by atoms with Crippen LogP contribution in [0.2, 0.25) is 0 Å². The molecule has 2 aromatic carbocycles. The van der Waals surface area contributed by atoms with Crippen LogP contribution in [0, 0.1) is 5.92 Å². The van der Waals surface area contributed by atoms with Crippen molar-refractivity contribution in [2.45, 2.75) is 76.4 Å². The van der Waals surface area contributed by atoms with E-state index in [9.17, 15) is 14.7 Å². The minimum Gasteiger partial charge on any atom is -0.507 e. The van der Waals surface area contributed by atoms with Crippen LogP contribution in [0.15, 0.2) is 41.3 Å². The number of phenolic OH excluding ortho intramolecular Hbond substituents is 1. The predicted molar refractivity (Wildman–Crippen MR) is 155 cm³/mol. The summed E-state index contributed by atoms with van der Waals surface area (Å²) in [6.45, 7) is 8.37. The number of thioether (sulfide) groups is 2. The number of phenols is 1. The van der Waals surface area contributed by atoms with Crippen LogP contribution in [-0.2, 0) is 16.0 Å². The van der Waals surface area contributed by atoms with Gasteiger partial charge < -0.3 is 14.6 Å². The Morgan fingerprint density at radius 2 is 1.73 bits per heavy atom. The van der Waals surface area contributed by atoms with Gasteiger partial charge in [-0.05, 0) is 67.7 Å². The van der Waals surface area contributed by atoms with E-state index in [0.29, 0.717) is 36.3 Å². The van der Waals surface area contributed by atoms with Gasteiger partial charge in [-0.2, -0.15) is 11.8 Å². The Kier molecular flexibility index (Phi) is 14.0. The van der Waals surface area contributed by atoms with Gasteiger partial charge in [0.2, 0.25) is 0 Å². The van der Waals surface area contributed by atoms with Crippen molar-refractivity contribution in [1.82, 2.24) is 0 Å². The van der Waals surface area contributed by atoms with Crippen molar-refractivity contribution in [3.63, 3.8) is 0 Å². The number of hydrogen-bond acceptors (Lipinski definition) is 7. The lowest BCUT2D eigenvalue weighted by Crippen LogP contribution is -2.13. The maximum Gasteiger partial charge on any atom is 0.305 e. The summed E-state index contributed by atoms with van der Waals surface area (Å²) in [7, 11) is 1.45. The Labute approximate surface area is 231 Å². The van der Waals surface area contributed by atoms with E-state index in [1.54, 1.807) is 23.9 Å². The summed E-state index contributed by atoms with van der Waals surface area (Å²) in [4.78, 5) is 24.8. The van der Waals surface area contributed by atoms with E-state index in [1.165, 1.54) is 30.9 Å². The molecule has 0 aliphatic heterocycles. The van der Waals surface area contributed by atoms with Crippen LogP contribution in [0.1, 0.15) is 86.5 Å². The van der Waals surface area contributed by atoms with Crippen molar-refractivity contribution in [2.75, 3.05) is 25.2 Å². The molecule has 2 rings (SSSR count). The molecule has 2 atom stereocenters. The zero-order valence-corrected chi connectivity index (χ0v) is 24.5. The molecular weight excluding hydrogens is 504 g/mol. The molecule has 1 N–H and O–H groups in total. The molecule has 7 heteroatoms. The van der Waals surface area contributed by atoms with Crippen LogP contribution in [0.3, 0.4) is 0 Å². The number of unbranched alkanes of at least 4 members (excludes halogenated alkanes) is 1. The molecule has 2 unspecified atom stereocenters. The fourth-order valence-corrected chi connectivity index (χ4v) is 6.42. The number of rotatable bonds is 17. The predicted octanol–water partition coefficient (Wildman–Crippen LogP) is 7.88. The molecule has 0 spiro atoms. The molecular formula is C30H42O5S2. The second-order valence-electron chi connectivity index (χ2n) is 9.27. The van der Waals surface area contributed by atoms with Crippen LogP contribution in [0.25, 0.3) is 0 Å². The first-order valence-electron chi connectivity index (χ1n) is 13.2. The molecule has 0 bridgehead atoms. The van der Waals surface area contributed by atoms with Crippen molar-refractivity contribution in [3.05, 3.63) is 53.1 Å². The molecule has 0 saturated heterocycles. The minimum absolute atomic E-state index is 0.0494. The van der Waals surface area contributed by atoms with Crippen LogP contribution in [-0.4, -0.2) is 42.1 Å². The fourth-order valence-electron chi connectivity index (χ4n) is 4.11. The first-order valence-corrected chi connectivity index (χ1v) is 15.2. The Morgan fingerprint density at radius 1 is 1.00 bits per heavy atom. The van der Waals surface area contributed by atoms with Crippen molar-refractivity contribution in [3.8, 4) is 11.5 Å². The molecule has 0 aromatic heterocycles. The molecule has 37 heavy (non-hydrogen) atoms. The number of benzene rings is 2. The third-order valence-corrected chi connectivity index (χ3v) is 8.89. The molecule has 0 aliphatic carbocycles. The first-order chi connectivity index (χ1) is 17.8. The Bertz CT molecular complexity index is 990. The summed E-state index contributed by atoms with van der Waals surface area (Å²) in [6.07, 6.45) is 5.14. The van der Waals surface area contributed by atoms with Gasteiger partial charge in [-0.3, -0.25) is 9.59 Å². The van der Waals surface area contributed by atoms with Crippen LogP contribution in [0.4, 0.5) is 0 Å². The summed E-state index contributed by atoms with van der Waals surface area (Å²) in [5.41, 5.74) is 2.31. The third kappa shape index (κ3) is 9.93. The van der Waals surface area contributed by atoms with Crippen molar-refractivity contribution < 1.29 is 24.2 Å². The number of aromatic hydroxyl groups is 1. The molecule has 0 heterocycles. The van der Waals surface area contributed by atoms with Crippen molar-refractivity contribution in [2.24, 2.45) is 5.92 Å². The van der Waals surface area contributed by atoms with Gasteiger partial charge in [0.1, 0.15) is 11.5 Å². The van der Waals surface area contributed by atoms with Gasteiger partial charge in [-0.15, -0.1) is 11.8 Å². The number of carbonyl (C=O) groups is 2. The molecule has 2 aromatic rings. The fraction of sp³-hybridized carbons (Fsp3) is 0.533. The highest BCUT2D eigenvalue weighted by molar-refractivity contribution is 7.99. The van der Waals surface area contributed by atoms with Gasteiger partial charge in [0.05, 0.1) is 19.3 Å². The normalized spacial score (nSPS) is 12.7. The number of ketones is 1. The van der Waals surface area contributed by atoms with Crippen LogP contribution in [0.5, 0.6) is 11.5 Å². The van der Waals surface area contributed by atoms with E-state index < -0.39 is 0 Å². The van der Waals surface area contributed by atoms with Crippen LogP contribution >= 0.6 is 23.5 Å². The largest absolute Gasteiger partial charge is 0.507 e. The van der Waals surface area contributed by atoms with Gasteiger partial charge in [0.15, 0.2) is 5.78 Å². The molecule has 5 nitrogen and oxygen atoms in total. The number of ether oxygens (including phenoxy) is 2. The molecule has 0 fully saturated rings. The quantitative estimate of drug-likeness (QED) is 0.0936. The smallest absolute Gasteiger partial charge is 0.305 e. The first kappa shape index (κ1) is 31.1. The topological polar surface area (TPSA) is 72.8 Å². The van der Waals surface area contributed by atoms with E-state index in [1.807, 2.05) is 18.7 Å². The summed E-state index contributed by atoms with van der Waals surface area (Å²) in [5.74, 6) is 2.60. The SMILES string of the molecule is CCCCSC(c1ccc(SCCCOc2ccc(C(C)=O)c(O)c2CCC)cc1)C(C)CC(=O)OC. The number of Topliss-reactive ketones (excluding diaryl/α,β-unsaturated/α-hetero) is 1. The summed E-state index contributed by atoms with van der Waals surface area (Å²) in [5, 5.41) is 10.8. The highest BCUT2D eigenvalue weighted by Gasteiger charge is 2.23. The summed E-state index contributed by atoms with van der Waals surface area (Å²) >= 11 is 3.72. The molecule has 0 saturated carbocycles. The van der Waals surface area contributed by atoms with Crippen molar-refractivity contribution >= 4 is 35.3 Å². The third-order valence-electron chi connectivity index (χ3n) is 6.17. The zero-order chi connectivity index (χ0) is 27.2. The van der Waals surface area contributed by atoms with Gasteiger partial charge in [-0.1, -0.05) is 45.7 Å². The van der Waals surface area contributed by atoms with Gasteiger partial charge >= 0.3 is 5.97 Å². The second kappa shape index (κ2) is 16.7. The van der Waals surface area contributed by atoms with E-state index in [0.717, 1.165) is 30.8 Å². The lowest BCUT2D eigenvalue weighted by molar-refractivity contribution is -0.141. The van der Waals surface area contributed by atoms with Gasteiger partial charge in [-0.25, -0.2) is 0 Å². The Balaban J connectivity index is 1.91. The molecule has 0 radical (unpaired) electrons. The monoisotopic (exact) mass is 546 g/mol. The molecule has 0 aliphatic rings. The highest BCUT2D eigenvalue weighted by atomic mass is 32.2. The summed E-state index contributed by atoms with van der Waals surface area (Å²) < 4.78 is 10.9. The second-order valence-corrected chi connectivity index (χ2v) is 11.7. The molecule has 0 amide bonds. The highest BCUT2D eigenvalue weighted by Crippen LogP contribution is 2.39. The standard InChI is InChI=1S/C30H42O5S2/c1-6-8-18-37-30(21(3)20-28(32)34-5)23-11-13-24(14-12-23)36-19-9-17-35-27-16-15-25(22(4)31)29(33)26(27)10-7-2/h11-16,21,30,33H,6-10,17-20H2,1-5H3. The lowest BCUT2D eigenvalue weighted by Gasteiger charge is -2.23. The average molecular weight is 547 g/mol. The van der Waals surface area contributed by atoms with Gasteiger partial charge in [0.25, 0.3) is 0 Å². The van der Waals surface area contributed by atoms with Crippen LogP contribution < -0.4 is 4.74 Å². The van der Waals surface area contributed by atoms with Gasteiger partial charge in [0, 0.05) is 27.9 Å². The Morgan fingerprint density at radius 3 is 2.35 bits per heavy atom. The zero-order valence-electron chi connectivity index (χ0n) is 22.9. The number of methoxy groups -OCH3 is 1. The number of hydrogen-bond donors (Lipinski definition) is 1. The number of carbonyl (C=O) groups excluding carboxylic acids is 2. The lowest BCUT2D eigenvalue weighted by atomic mass is 9.97. The van der Waals surface area contributed by atoms with E-state index >= 15 is 0 Å². The average Bonchev–Trinajstić information content (AvgIpc) is 2.88. The van der Waals surface area contributed by atoms with E-state index in [-0.39, 0.29) is 28.7 Å². The van der Waals surface area contributed by atoms with E-state index in [4.69, 9.17) is 9.47 Å². The maximum absolute atomic E-state index is 11.8.